The van der Waals surface area contributed by atoms with Gasteiger partial charge in [-0.1, -0.05) is 60.7 Å². The molecule has 1 nitrogen and oxygen atoms in total. The van der Waals surface area contributed by atoms with E-state index < -0.39 is 7.92 Å². The zero-order valence-corrected chi connectivity index (χ0v) is 16.2. The molecule has 0 aliphatic heterocycles. The van der Waals surface area contributed by atoms with Crippen molar-refractivity contribution in [2.75, 3.05) is 0 Å². The normalized spacial score (nSPS) is 17.4. The number of carbonyl (C=O) groups is 1. The van der Waals surface area contributed by atoms with Gasteiger partial charge in [0.1, 0.15) is 6.29 Å². The van der Waals surface area contributed by atoms with Crippen LogP contribution in [0.3, 0.4) is 0 Å². The van der Waals surface area contributed by atoms with E-state index in [0.717, 1.165) is 17.9 Å². The third-order valence-corrected chi connectivity index (χ3v) is 6.30. The molecule has 0 amide bonds. The molecule has 2 aliphatic carbocycles. The predicted molar refractivity (Wildman–Crippen MR) is 106 cm³/mol. The summed E-state index contributed by atoms with van der Waals surface area (Å²) in [5.74, 6) is 0.795. The van der Waals surface area contributed by atoms with Crippen LogP contribution in [0.4, 0.5) is 0 Å². The van der Waals surface area contributed by atoms with Gasteiger partial charge in [0.05, 0.1) is 5.92 Å². The molecule has 0 aromatic heterocycles. The Morgan fingerprint density at radius 1 is 0.615 bits per heavy atom. The summed E-state index contributed by atoms with van der Waals surface area (Å²) in [6, 6.07) is 20.8. The minimum atomic E-state index is -0.667. The van der Waals surface area contributed by atoms with Crippen LogP contribution in [0.5, 0.6) is 0 Å². The summed E-state index contributed by atoms with van der Waals surface area (Å²) in [4.78, 5) is 11.3. The van der Waals surface area contributed by atoms with Crippen molar-refractivity contribution >= 4 is 24.8 Å². The van der Waals surface area contributed by atoms with Crippen LogP contribution in [0.15, 0.2) is 60.7 Å². The Hall–Kier alpha value is -0.941. The van der Waals surface area contributed by atoms with Crippen molar-refractivity contribution in [3.8, 4) is 0 Å². The first-order chi connectivity index (χ1) is 12.4. The zero-order chi connectivity index (χ0) is 17.3. The number of hydrogen-bond donors (Lipinski definition) is 0. The van der Waals surface area contributed by atoms with E-state index in [-0.39, 0.29) is 17.1 Å². The van der Waals surface area contributed by atoms with E-state index in [9.17, 15) is 4.79 Å². The molecule has 0 spiro atoms. The fraction of sp³-hybridized carbons (Fsp3) is 0. The molecular formula is C23H19FeOP+2. The van der Waals surface area contributed by atoms with Gasteiger partial charge in [-0.05, 0) is 69.9 Å². The summed E-state index contributed by atoms with van der Waals surface area (Å²) in [6.07, 6.45) is 16.9. The van der Waals surface area contributed by atoms with E-state index in [2.05, 4.69) is 55.0 Å². The van der Waals surface area contributed by atoms with Crippen LogP contribution in [0, 0.1) is 62.9 Å². The Morgan fingerprint density at radius 2 is 1.08 bits per heavy atom. The standard InChI is InChI=1S/C18H14OP.C5H5.Fe/c19-14-15-8-7-13-18(15)20(16-9-3-1-4-10-16)17-11-5-2-6-12-17;1-2-4-5-3-1;/h1-14H;1-5H;/q;;+2. The van der Waals surface area contributed by atoms with Gasteiger partial charge in [-0.25, -0.2) is 0 Å². The molecule has 2 saturated carbocycles. The van der Waals surface area contributed by atoms with Gasteiger partial charge < -0.3 is 4.79 Å². The van der Waals surface area contributed by atoms with Crippen LogP contribution in [0.1, 0.15) is 0 Å². The van der Waals surface area contributed by atoms with E-state index in [0.29, 0.717) is 0 Å². The molecule has 0 bridgehead atoms. The molecule has 2 fully saturated rings. The van der Waals surface area contributed by atoms with Gasteiger partial charge in [-0.2, -0.15) is 0 Å². The summed E-state index contributed by atoms with van der Waals surface area (Å²) in [6.45, 7) is 0. The van der Waals surface area contributed by atoms with Crippen LogP contribution in [-0.4, -0.2) is 6.29 Å². The molecule has 3 heteroatoms. The van der Waals surface area contributed by atoms with Crippen molar-refractivity contribution in [2.24, 2.45) is 0 Å². The van der Waals surface area contributed by atoms with Crippen molar-refractivity contribution in [1.29, 1.82) is 0 Å². The zero-order valence-electron chi connectivity index (χ0n) is 14.2. The number of carbonyl (C=O) groups excluding carboxylic acids is 1. The molecule has 26 heavy (non-hydrogen) atoms. The molecule has 0 unspecified atom stereocenters. The van der Waals surface area contributed by atoms with Gasteiger partial charge >= 0.3 is 17.1 Å². The molecule has 0 N–H and O–H groups in total. The SMILES string of the molecule is O=C[C]1[CH][CH][CH][C]1P(c1ccccc1)c1ccccc1.[CH]1[CH][CH][CH][CH]1.[Fe+2]. The van der Waals surface area contributed by atoms with E-state index in [1.54, 1.807) is 0 Å². The minimum Gasteiger partial charge on any atom is -0.303 e. The monoisotopic (exact) mass is 398 g/mol. The van der Waals surface area contributed by atoms with Gasteiger partial charge in [0.15, 0.2) is 0 Å². The van der Waals surface area contributed by atoms with Gasteiger partial charge in [0.2, 0.25) is 0 Å². The Morgan fingerprint density at radius 3 is 1.50 bits per heavy atom. The minimum absolute atomic E-state index is 0. The van der Waals surface area contributed by atoms with Crippen molar-refractivity contribution in [3.63, 3.8) is 0 Å². The number of rotatable bonds is 4. The van der Waals surface area contributed by atoms with Crippen LogP contribution >= 0.6 is 7.92 Å². The van der Waals surface area contributed by atoms with Crippen molar-refractivity contribution < 1.29 is 21.9 Å². The maximum Gasteiger partial charge on any atom is 2.00 e. The second-order valence-electron chi connectivity index (χ2n) is 5.45. The molecule has 2 aliphatic rings. The maximum absolute atomic E-state index is 11.3. The molecule has 2 aromatic rings. The third-order valence-electron chi connectivity index (χ3n) is 3.78. The number of benzene rings is 2. The molecule has 0 saturated heterocycles. The summed E-state index contributed by atoms with van der Waals surface area (Å²) in [5.41, 5.74) is 1.13. The smallest absolute Gasteiger partial charge is 0.303 e. The van der Waals surface area contributed by atoms with Crippen LogP contribution in [0.2, 0.25) is 0 Å². The van der Waals surface area contributed by atoms with E-state index in [1.807, 2.05) is 57.1 Å². The molecule has 10 radical (unpaired) electrons. The molecule has 2 aromatic carbocycles. The van der Waals surface area contributed by atoms with Crippen molar-refractivity contribution in [3.05, 3.63) is 124 Å². The summed E-state index contributed by atoms with van der Waals surface area (Å²) >= 11 is 0. The van der Waals surface area contributed by atoms with E-state index in [1.165, 1.54) is 10.6 Å². The quantitative estimate of drug-likeness (QED) is 0.431. The van der Waals surface area contributed by atoms with E-state index >= 15 is 0 Å². The fourth-order valence-corrected chi connectivity index (χ4v) is 5.05. The van der Waals surface area contributed by atoms with Gasteiger partial charge in [0, 0.05) is 5.66 Å². The predicted octanol–water partition coefficient (Wildman–Crippen LogP) is 4.07. The maximum atomic E-state index is 11.3. The number of aldehydes is 1. The first-order valence-corrected chi connectivity index (χ1v) is 9.52. The third kappa shape index (κ3) is 5.78. The molecule has 4 rings (SSSR count). The fourth-order valence-electron chi connectivity index (χ4n) is 2.63. The van der Waals surface area contributed by atoms with Gasteiger partial charge in [0.25, 0.3) is 0 Å². The van der Waals surface area contributed by atoms with Crippen LogP contribution in [0.25, 0.3) is 0 Å². The summed E-state index contributed by atoms with van der Waals surface area (Å²) in [5, 5.41) is 2.53. The largest absolute Gasteiger partial charge is 2.00 e. The Balaban J connectivity index is 0.000000351. The number of hydrogen-bond acceptors (Lipinski definition) is 1. The van der Waals surface area contributed by atoms with E-state index in [4.69, 9.17) is 0 Å². The first kappa shape index (κ1) is 21.4. The first-order valence-electron chi connectivity index (χ1n) is 8.18. The van der Waals surface area contributed by atoms with Crippen molar-refractivity contribution in [1.82, 2.24) is 0 Å². The van der Waals surface area contributed by atoms with Crippen LogP contribution < -0.4 is 10.6 Å². The molecule has 0 heterocycles. The van der Waals surface area contributed by atoms with Crippen LogP contribution in [-0.2, 0) is 21.9 Å². The second-order valence-corrected chi connectivity index (χ2v) is 7.64. The molecular weight excluding hydrogens is 379 g/mol. The molecule has 128 valence electrons. The van der Waals surface area contributed by atoms with Crippen molar-refractivity contribution in [2.45, 2.75) is 0 Å². The van der Waals surface area contributed by atoms with Gasteiger partial charge in [-0.15, -0.1) is 0 Å². The summed E-state index contributed by atoms with van der Waals surface area (Å²) < 4.78 is 0. The molecule has 0 atom stereocenters. The average Bonchev–Trinajstić information content (AvgIpc) is 3.39. The second kappa shape index (κ2) is 11.7. The Bertz CT molecular complexity index is 580. The summed E-state index contributed by atoms with van der Waals surface area (Å²) in [7, 11) is -0.667. The van der Waals surface area contributed by atoms with Gasteiger partial charge in [-0.3, -0.25) is 0 Å². The Kier molecular flexibility index (Phi) is 9.62. The average molecular weight is 398 g/mol. The topological polar surface area (TPSA) is 17.1 Å². The Labute approximate surface area is 170 Å².